The summed E-state index contributed by atoms with van der Waals surface area (Å²) in [5.41, 5.74) is 0.997. The molecule has 0 aromatic heterocycles. The lowest BCUT2D eigenvalue weighted by atomic mass is 9.87. The van der Waals surface area contributed by atoms with Gasteiger partial charge in [-0.2, -0.15) is 0 Å². The molecule has 0 saturated carbocycles. The number of aliphatic hydroxyl groups excluding tert-OH is 1. The zero-order valence-corrected chi connectivity index (χ0v) is 89.8. The molecule has 117 heavy (non-hydrogen) atoms. The van der Waals surface area contributed by atoms with E-state index in [0.717, 1.165) is 66.6 Å². The summed E-state index contributed by atoms with van der Waals surface area (Å²) in [7, 11) is -13.7. The van der Waals surface area contributed by atoms with Crippen molar-refractivity contribution in [3.8, 4) is 0 Å². The first-order chi connectivity index (χ1) is 53.5. The molecule has 0 radical (unpaired) electrons. The van der Waals surface area contributed by atoms with E-state index in [4.69, 9.17) is 55.0 Å². The van der Waals surface area contributed by atoms with Gasteiger partial charge in [0.05, 0.1) is 53.9 Å². The van der Waals surface area contributed by atoms with Crippen LogP contribution in [0.4, 0.5) is 0 Å². The topological polar surface area (TPSA) is 182 Å². The molecule has 4 saturated heterocycles. The van der Waals surface area contributed by atoms with Gasteiger partial charge in [-0.1, -0.05) is 267 Å². The van der Waals surface area contributed by atoms with Crippen molar-refractivity contribution in [3.05, 3.63) is 116 Å². The molecule has 0 bridgehead atoms. The summed E-state index contributed by atoms with van der Waals surface area (Å²) in [6.45, 7) is 81.2. The molecule has 2 aromatic rings. The van der Waals surface area contributed by atoms with Gasteiger partial charge in [0.1, 0.15) is 67.3 Å². The van der Waals surface area contributed by atoms with Crippen LogP contribution in [0.25, 0.3) is 0 Å². The van der Waals surface area contributed by atoms with Gasteiger partial charge < -0.3 is 64.9 Å². The van der Waals surface area contributed by atoms with Gasteiger partial charge in [-0.15, -0.1) is 0 Å². The first-order valence-corrected chi connectivity index (χ1v) is 63.7. The zero-order chi connectivity index (χ0) is 89.3. The van der Waals surface area contributed by atoms with E-state index in [1.54, 1.807) is 36.4 Å². The van der Waals surface area contributed by atoms with Crippen molar-refractivity contribution < 1.29 is 74.5 Å². The van der Waals surface area contributed by atoms with Crippen molar-refractivity contribution in [3.63, 3.8) is 0 Å². The van der Waals surface area contributed by atoms with Crippen LogP contribution in [0.1, 0.15) is 249 Å². The highest BCUT2D eigenvalue weighted by Crippen LogP contribution is 2.51. The van der Waals surface area contributed by atoms with E-state index in [1.807, 2.05) is 36.4 Å². The van der Waals surface area contributed by atoms with Gasteiger partial charge in [0.25, 0.3) is 0 Å². The second kappa shape index (κ2) is 45.3. The molecule has 0 aliphatic carbocycles. The maximum atomic E-state index is 13.0. The third-order valence-electron chi connectivity index (χ3n) is 26.5. The lowest BCUT2D eigenvalue weighted by molar-refractivity contribution is -0.267. The third-order valence-corrected chi connectivity index (χ3v) is 54.4. The molecule has 16 nitrogen and oxygen atoms in total. The predicted octanol–water partition coefficient (Wildman–Crippen LogP) is 26.2. The fraction of sp³-hybridized carbons (Fsp3) is 0.750. The summed E-state index contributed by atoms with van der Waals surface area (Å²) in [6.07, 6.45) is 12.9. The van der Waals surface area contributed by atoms with Crippen LogP contribution in [0.2, 0.25) is 109 Å². The number of aliphatic hydroxyl groups is 1. The van der Waals surface area contributed by atoms with Crippen molar-refractivity contribution in [1.29, 1.82) is 0 Å². The van der Waals surface area contributed by atoms with E-state index in [1.165, 1.54) is 0 Å². The summed E-state index contributed by atoms with van der Waals surface area (Å²) in [4.78, 5) is 35.2. The number of hydrogen-bond acceptors (Lipinski definition) is 16. The van der Waals surface area contributed by atoms with Crippen molar-refractivity contribution in [2.45, 2.75) is 441 Å². The van der Waals surface area contributed by atoms with E-state index >= 15 is 0 Å². The standard InChI is InChI=1S/C46H81BrO8Si3.C32H65IO5Si3.C14H15BrO3/c1-18-22-35-28-30-37-39(50-35)41(54-57(14,15)45(6,7)8)42(55-58(16,17)46(9,10)11)40(52-37)38(53-56(12,13)44(3,4)5)29-26-34(48)25-27-36(31-32(2)47)51-43(49)33-23-20-19-21-24-33;1-17-18-23-19-20-24-26(34-23)28(37-40(13,14)31(5,6)7)29(38-41(15,16)32(8,9)10)27(35-24)25(21-22-33)36-39(11,12)30(2,3)4;1-11(15)10-13(8-5-9-16)18-14(17)12-6-3-2-4-7-12/h19-21,23-24,26,29,34-42,48H,2,18,22,25,27-28,30-31H2,1,3-17H3;21-29H,17-20H2,1-16H3;2-4,6-7,9,13H,1,5,8,10H2/b29-26+;22-21+;/t34?,35-,36+,37-,38-,39-,40?,41-,42+;23-,24-,25-,26-,27?,28-,29+;13-/m001/s1. The number of benzene rings is 2. The van der Waals surface area contributed by atoms with Crippen LogP contribution < -0.4 is 0 Å². The number of fused-ring (bicyclic) bond motifs is 2. The molecule has 4 aliphatic heterocycles. The number of aldehydes is 1. The van der Waals surface area contributed by atoms with Crippen LogP contribution in [-0.4, -0.2) is 177 Å². The molecule has 4 aliphatic rings. The van der Waals surface area contributed by atoms with Crippen LogP contribution in [0.15, 0.2) is 105 Å². The minimum atomic E-state index is -2.42. The van der Waals surface area contributed by atoms with E-state index in [0.29, 0.717) is 49.7 Å². The Morgan fingerprint density at radius 3 is 1.09 bits per heavy atom. The summed E-state index contributed by atoms with van der Waals surface area (Å²) in [6, 6.07) is 17.8. The Morgan fingerprint density at radius 2 is 0.786 bits per heavy atom. The van der Waals surface area contributed by atoms with E-state index in [-0.39, 0.29) is 109 Å². The molecular weight excluding hydrogens is 1820 g/mol. The Bertz CT molecular complexity index is 3450. The largest absolute Gasteiger partial charge is 0.458 e. The molecule has 17 atom stereocenters. The number of halogens is 3. The Hall–Kier alpha value is -1.44. The summed E-state index contributed by atoms with van der Waals surface area (Å²) < 4.78 is 87.7. The monoisotopic (exact) mass is 1970 g/mol. The molecule has 2 aromatic carbocycles. The molecule has 4 fully saturated rings. The van der Waals surface area contributed by atoms with Crippen molar-refractivity contribution in [2.24, 2.45) is 0 Å². The van der Waals surface area contributed by atoms with Crippen LogP contribution in [0, 0.1) is 0 Å². The maximum absolute atomic E-state index is 13.0. The first kappa shape index (κ1) is 108. The summed E-state index contributed by atoms with van der Waals surface area (Å²) in [5.74, 6) is -0.768. The summed E-state index contributed by atoms with van der Waals surface area (Å²) >= 11 is 9.02. The highest BCUT2D eigenvalue weighted by atomic mass is 127. The fourth-order valence-corrected chi connectivity index (χ4v) is 22.0. The number of hydrogen-bond donors (Lipinski definition) is 1. The highest BCUT2D eigenvalue weighted by molar-refractivity contribution is 14.1. The molecule has 25 heteroatoms. The number of rotatable bonds is 35. The number of esters is 2. The Morgan fingerprint density at radius 1 is 0.470 bits per heavy atom. The smallest absolute Gasteiger partial charge is 0.338 e. The average molecular weight is 1980 g/mol. The van der Waals surface area contributed by atoms with E-state index in [9.17, 15) is 19.5 Å². The molecule has 1 N–H and O–H groups in total. The average Bonchev–Trinajstić information content (AvgIpc) is 0.748. The van der Waals surface area contributed by atoms with Gasteiger partial charge in [-0.25, -0.2) is 9.59 Å². The zero-order valence-electron chi connectivity index (χ0n) is 78.5. The van der Waals surface area contributed by atoms with E-state index in [2.05, 4.69) is 295 Å². The van der Waals surface area contributed by atoms with Crippen LogP contribution in [-0.2, 0) is 59.8 Å². The van der Waals surface area contributed by atoms with Gasteiger partial charge in [0, 0.05) is 19.3 Å². The SMILES string of the molecule is C=C(Br)C[C@@H](CCC(O)/C=C/[C@H](O[Si](C)(C)C(C)(C)C)C1O[C@H]2CC[C@H](CCC)O[C@@H]2[C@H](O[Si](C)(C)C(C)(C)C)[C@@H]1O[Si](C)(C)C(C)(C)C)OC(=O)c1ccccc1.C=C(Br)C[C@@H](CCC=O)OC(=O)c1ccccc1.CCC[C@H]1CC[C@@H]2OC([C@H](/C=C/I)O[Si](C)(C)C(C)(C)C)[C@@H](O[Si](C)(C)C(C)(C)C)[C@@H](O[Si](C)(C)C(C)(C)C)[C@H]2O1. The van der Waals surface area contributed by atoms with Crippen LogP contribution in [0.5, 0.6) is 0 Å². The lowest BCUT2D eigenvalue weighted by Crippen LogP contribution is -2.69. The van der Waals surface area contributed by atoms with Gasteiger partial charge in [-0.3, -0.25) is 0 Å². The lowest BCUT2D eigenvalue weighted by Gasteiger charge is -2.56. The highest BCUT2D eigenvalue weighted by Gasteiger charge is 2.60. The number of ether oxygens (including phenoxy) is 6. The molecule has 3 unspecified atom stereocenters. The second-order valence-corrected chi connectivity index (χ2v) is 73.8. The summed E-state index contributed by atoms with van der Waals surface area (Å²) in [5, 5.41) is 11.6. The Balaban J connectivity index is 0.000000420. The van der Waals surface area contributed by atoms with Crippen LogP contribution >= 0.6 is 54.5 Å². The normalized spacial score (nSPS) is 25.0. The van der Waals surface area contributed by atoms with Crippen molar-refractivity contribution >= 4 is 123 Å². The number of carbonyl (C=O) groups excluding carboxylic acids is 3. The van der Waals surface area contributed by atoms with Gasteiger partial charge in [-0.05, 0) is 210 Å². The second-order valence-electron chi connectivity index (χ2n) is 42.3. The predicted molar refractivity (Wildman–Crippen MR) is 515 cm³/mol. The van der Waals surface area contributed by atoms with Gasteiger partial charge >= 0.3 is 11.9 Å². The van der Waals surface area contributed by atoms with Gasteiger partial charge in [0.2, 0.25) is 0 Å². The quantitative estimate of drug-likeness (QED) is 0.0226. The van der Waals surface area contributed by atoms with Crippen LogP contribution in [0.3, 0.4) is 0 Å². The molecule has 0 spiro atoms. The molecule has 670 valence electrons. The molecule has 6 rings (SSSR count). The van der Waals surface area contributed by atoms with Crippen molar-refractivity contribution in [2.75, 3.05) is 0 Å². The van der Waals surface area contributed by atoms with E-state index < -0.39 is 86.4 Å². The molecule has 4 heterocycles. The minimum absolute atomic E-state index is 0.0322. The van der Waals surface area contributed by atoms with Crippen molar-refractivity contribution in [1.82, 2.24) is 0 Å². The number of carbonyl (C=O) groups is 3. The molecule has 0 amide bonds. The molecular formula is C92H161Br2IO16Si6. The Kier molecular flexibility index (Phi) is 41.8. The third kappa shape index (κ3) is 32.4. The fourth-order valence-electron chi connectivity index (χ4n) is 13.1. The minimum Gasteiger partial charge on any atom is -0.458 e. The first-order valence-electron chi connectivity index (χ1n) is 43.5. The maximum Gasteiger partial charge on any atom is 0.338 e. The van der Waals surface area contributed by atoms with Gasteiger partial charge in [0.15, 0.2) is 49.9 Å². The Labute approximate surface area is 748 Å².